The van der Waals surface area contributed by atoms with Gasteiger partial charge in [-0.1, -0.05) is 24.3 Å². The second kappa shape index (κ2) is 4.98. The number of pyridine rings is 1. The number of para-hydroxylation sites is 1. The van der Waals surface area contributed by atoms with Crippen molar-refractivity contribution in [1.82, 2.24) is 4.98 Å². The first-order chi connectivity index (χ1) is 9.66. The van der Waals surface area contributed by atoms with E-state index < -0.39 is 17.7 Å². The van der Waals surface area contributed by atoms with E-state index in [0.29, 0.717) is 5.56 Å². The van der Waals surface area contributed by atoms with Crippen molar-refractivity contribution in [2.24, 2.45) is 5.73 Å². The van der Waals surface area contributed by atoms with Gasteiger partial charge in [-0.3, -0.25) is 4.98 Å². The summed E-state index contributed by atoms with van der Waals surface area (Å²) in [6.45, 7) is 0. The molecule has 1 unspecified atom stereocenters. The molecule has 2 aromatic carbocycles. The first kappa shape index (κ1) is 12.7. The van der Waals surface area contributed by atoms with Gasteiger partial charge in [-0.25, -0.2) is 8.78 Å². The Morgan fingerprint density at radius 3 is 2.55 bits per heavy atom. The Labute approximate surface area is 114 Å². The van der Waals surface area contributed by atoms with Crippen LogP contribution in [0.2, 0.25) is 0 Å². The number of hydrogen-bond acceptors (Lipinski definition) is 2. The molecular formula is C16H12F2N2. The zero-order chi connectivity index (χ0) is 14.1. The van der Waals surface area contributed by atoms with Crippen molar-refractivity contribution < 1.29 is 8.78 Å². The predicted molar refractivity (Wildman–Crippen MR) is 74.1 cm³/mol. The number of nitrogens with zero attached hydrogens (tertiary/aromatic N) is 1. The third kappa shape index (κ3) is 2.14. The maximum Gasteiger partial charge on any atom is 0.159 e. The minimum atomic E-state index is -0.892. The molecule has 0 aliphatic heterocycles. The van der Waals surface area contributed by atoms with Crippen LogP contribution in [0.5, 0.6) is 0 Å². The zero-order valence-corrected chi connectivity index (χ0v) is 10.6. The van der Waals surface area contributed by atoms with E-state index in [1.165, 1.54) is 6.07 Å². The zero-order valence-electron chi connectivity index (χ0n) is 10.6. The van der Waals surface area contributed by atoms with E-state index in [9.17, 15) is 8.78 Å². The lowest BCUT2D eigenvalue weighted by molar-refractivity contribution is 0.506. The highest BCUT2D eigenvalue weighted by Crippen LogP contribution is 2.26. The molecule has 0 amide bonds. The monoisotopic (exact) mass is 270 g/mol. The molecule has 3 rings (SSSR count). The van der Waals surface area contributed by atoms with Crippen LogP contribution in [-0.2, 0) is 0 Å². The van der Waals surface area contributed by atoms with E-state index in [1.807, 2.05) is 24.3 Å². The number of rotatable bonds is 2. The van der Waals surface area contributed by atoms with Gasteiger partial charge in [0, 0.05) is 11.6 Å². The quantitative estimate of drug-likeness (QED) is 0.773. The van der Waals surface area contributed by atoms with Gasteiger partial charge in [0.05, 0.1) is 11.6 Å². The third-order valence-corrected chi connectivity index (χ3v) is 3.32. The molecule has 0 fully saturated rings. The molecule has 100 valence electrons. The van der Waals surface area contributed by atoms with E-state index in [0.717, 1.165) is 28.6 Å². The minimum Gasteiger partial charge on any atom is -0.320 e. The topological polar surface area (TPSA) is 38.9 Å². The minimum absolute atomic E-state index is 0.528. The van der Waals surface area contributed by atoms with Gasteiger partial charge in [0.15, 0.2) is 11.6 Å². The van der Waals surface area contributed by atoms with E-state index in [-0.39, 0.29) is 0 Å². The molecule has 0 saturated carbocycles. The van der Waals surface area contributed by atoms with Crippen molar-refractivity contribution in [3.63, 3.8) is 0 Å². The van der Waals surface area contributed by atoms with E-state index in [2.05, 4.69) is 4.98 Å². The summed E-state index contributed by atoms with van der Waals surface area (Å²) in [5.41, 5.74) is 8.37. The van der Waals surface area contributed by atoms with Crippen LogP contribution in [-0.4, -0.2) is 4.98 Å². The molecule has 0 bridgehead atoms. The van der Waals surface area contributed by atoms with Crippen molar-refractivity contribution in [1.29, 1.82) is 0 Å². The number of hydrogen-bond donors (Lipinski definition) is 1. The van der Waals surface area contributed by atoms with E-state index in [4.69, 9.17) is 5.73 Å². The lowest BCUT2D eigenvalue weighted by Gasteiger charge is -2.15. The average Bonchev–Trinajstić information content (AvgIpc) is 2.49. The molecule has 1 atom stereocenters. The summed E-state index contributed by atoms with van der Waals surface area (Å²) in [5.74, 6) is -1.77. The summed E-state index contributed by atoms with van der Waals surface area (Å²) in [5, 5.41) is 0.909. The molecule has 0 radical (unpaired) electrons. The van der Waals surface area contributed by atoms with Crippen molar-refractivity contribution >= 4 is 10.9 Å². The number of nitrogens with two attached hydrogens (primary N) is 1. The van der Waals surface area contributed by atoms with E-state index in [1.54, 1.807) is 12.3 Å². The number of fused-ring (bicyclic) bond motifs is 1. The van der Waals surface area contributed by atoms with Crippen LogP contribution in [0, 0.1) is 11.6 Å². The second-order valence-electron chi connectivity index (χ2n) is 4.57. The summed E-state index contributed by atoms with van der Waals surface area (Å²) in [4.78, 5) is 4.26. The van der Waals surface area contributed by atoms with Crippen molar-refractivity contribution in [3.05, 3.63) is 77.5 Å². The summed E-state index contributed by atoms with van der Waals surface area (Å²) in [7, 11) is 0. The fourth-order valence-corrected chi connectivity index (χ4v) is 2.27. The first-order valence-electron chi connectivity index (χ1n) is 6.21. The fourth-order valence-electron chi connectivity index (χ4n) is 2.27. The molecular weight excluding hydrogens is 258 g/mol. The van der Waals surface area contributed by atoms with Crippen molar-refractivity contribution in [3.8, 4) is 0 Å². The lowest BCUT2D eigenvalue weighted by atomic mass is 9.96. The Balaban J connectivity index is 2.12. The highest BCUT2D eigenvalue weighted by atomic mass is 19.2. The fraction of sp³-hybridized carbons (Fsp3) is 0.0625. The molecule has 2 nitrogen and oxygen atoms in total. The highest BCUT2D eigenvalue weighted by Gasteiger charge is 2.14. The molecule has 0 aliphatic carbocycles. The highest BCUT2D eigenvalue weighted by molar-refractivity contribution is 5.82. The Morgan fingerprint density at radius 1 is 0.950 bits per heavy atom. The van der Waals surface area contributed by atoms with Crippen molar-refractivity contribution in [2.45, 2.75) is 6.04 Å². The predicted octanol–water partition coefficient (Wildman–Crippen LogP) is 3.56. The van der Waals surface area contributed by atoms with Crippen LogP contribution in [0.15, 0.2) is 54.7 Å². The first-order valence-corrected chi connectivity index (χ1v) is 6.21. The van der Waals surface area contributed by atoms with Crippen LogP contribution in [0.3, 0.4) is 0 Å². The Kier molecular flexibility index (Phi) is 3.16. The standard InChI is InChI=1S/C16H12F2N2/c17-13-6-5-10(9-14(13)18)16(19)12-7-8-20-15-4-2-1-3-11(12)15/h1-9,16H,19H2. The maximum absolute atomic E-state index is 13.3. The van der Waals surface area contributed by atoms with Crippen molar-refractivity contribution in [2.75, 3.05) is 0 Å². The van der Waals surface area contributed by atoms with Gasteiger partial charge in [-0.15, -0.1) is 0 Å². The summed E-state index contributed by atoms with van der Waals surface area (Å²) in [6, 6.07) is 12.6. The van der Waals surface area contributed by atoms with Crippen LogP contribution >= 0.6 is 0 Å². The van der Waals surface area contributed by atoms with Gasteiger partial charge in [0.2, 0.25) is 0 Å². The molecule has 1 aromatic heterocycles. The molecule has 1 heterocycles. The Bertz CT molecular complexity index is 766. The molecule has 0 aliphatic rings. The van der Waals surface area contributed by atoms with Crippen LogP contribution in [0.25, 0.3) is 10.9 Å². The van der Waals surface area contributed by atoms with E-state index >= 15 is 0 Å². The molecule has 0 spiro atoms. The molecule has 0 saturated heterocycles. The van der Waals surface area contributed by atoms with Gasteiger partial charge in [-0.2, -0.15) is 0 Å². The van der Waals surface area contributed by atoms with Crippen LogP contribution in [0.1, 0.15) is 17.2 Å². The Morgan fingerprint density at radius 2 is 1.75 bits per heavy atom. The number of halogens is 2. The average molecular weight is 270 g/mol. The normalized spacial score (nSPS) is 12.6. The third-order valence-electron chi connectivity index (χ3n) is 3.32. The van der Waals surface area contributed by atoms with Crippen LogP contribution < -0.4 is 5.73 Å². The molecule has 3 aromatic rings. The largest absolute Gasteiger partial charge is 0.320 e. The Hall–Kier alpha value is -2.33. The second-order valence-corrected chi connectivity index (χ2v) is 4.57. The maximum atomic E-state index is 13.3. The van der Waals surface area contributed by atoms with Gasteiger partial charge in [-0.05, 0) is 35.4 Å². The number of aromatic nitrogens is 1. The SMILES string of the molecule is NC(c1ccc(F)c(F)c1)c1ccnc2ccccc12. The lowest BCUT2D eigenvalue weighted by Crippen LogP contribution is -2.13. The molecule has 20 heavy (non-hydrogen) atoms. The molecule has 4 heteroatoms. The summed E-state index contributed by atoms with van der Waals surface area (Å²) >= 11 is 0. The van der Waals surface area contributed by atoms with Crippen LogP contribution in [0.4, 0.5) is 8.78 Å². The smallest absolute Gasteiger partial charge is 0.159 e. The van der Waals surface area contributed by atoms with Gasteiger partial charge >= 0.3 is 0 Å². The van der Waals surface area contributed by atoms with Gasteiger partial charge in [0.1, 0.15) is 0 Å². The number of benzene rings is 2. The summed E-state index contributed by atoms with van der Waals surface area (Å²) in [6.07, 6.45) is 1.66. The van der Waals surface area contributed by atoms with Gasteiger partial charge in [0.25, 0.3) is 0 Å². The molecule has 2 N–H and O–H groups in total. The summed E-state index contributed by atoms with van der Waals surface area (Å²) < 4.78 is 26.3. The van der Waals surface area contributed by atoms with Gasteiger partial charge < -0.3 is 5.73 Å².